The second-order valence-corrected chi connectivity index (χ2v) is 12.5. The van der Waals surface area contributed by atoms with Crippen molar-refractivity contribution >= 4 is 19.8 Å². The van der Waals surface area contributed by atoms with E-state index in [-0.39, 0.29) is 6.54 Å². The highest BCUT2D eigenvalue weighted by Gasteiger charge is 2.24. The van der Waals surface area contributed by atoms with Gasteiger partial charge in [-0.05, 0) is 51.0 Å². The van der Waals surface area contributed by atoms with E-state index in [4.69, 9.17) is 4.74 Å². The maximum absolute atomic E-state index is 11.8. The number of alkyl carbamates (subject to hydrolysis) is 1. The fraction of sp³-hybridized carbons (Fsp3) is 0.579. The molecule has 2 heterocycles. The smallest absolute Gasteiger partial charge is 0.408 e. The molecule has 0 aliphatic rings. The van der Waals surface area contributed by atoms with Crippen LogP contribution in [0.25, 0.3) is 5.65 Å². The van der Waals surface area contributed by atoms with Crippen molar-refractivity contribution in [1.29, 1.82) is 0 Å². The van der Waals surface area contributed by atoms with Gasteiger partial charge in [0.2, 0.25) is 0 Å². The Morgan fingerprint density at radius 3 is 2.44 bits per heavy atom. The second kappa shape index (κ2) is 8.52. The number of nitrogens with zero attached hydrogens (tertiary/aromatic N) is 4. The van der Waals surface area contributed by atoms with E-state index in [0.717, 1.165) is 18.1 Å². The van der Waals surface area contributed by atoms with Gasteiger partial charge < -0.3 is 10.1 Å². The van der Waals surface area contributed by atoms with Gasteiger partial charge in [0, 0.05) is 0 Å². The third kappa shape index (κ3) is 5.53. The van der Waals surface area contributed by atoms with Crippen LogP contribution >= 0.6 is 0 Å². The van der Waals surface area contributed by atoms with Crippen LogP contribution in [-0.2, 0) is 11.3 Å². The SMILES string of the molecule is CC[Si](C#Cc1ccc2nnc(CNC(=O)OC(C)(C)C)n2n1)(CC)CC. The van der Waals surface area contributed by atoms with Gasteiger partial charge in [0.25, 0.3) is 0 Å². The first kappa shape index (κ1) is 20.9. The van der Waals surface area contributed by atoms with Gasteiger partial charge in [-0.1, -0.05) is 26.7 Å². The van der Waals surface area contributed by atoms with E-state index in [1.165, 1.54) is 0 Å². The molecule has 0 fully saturated rings. The Balaban J connectivity index is 2.20. The Morgan fingerprint density at radius 2 is 1.85 bits per heavy atom. The summed E-state index contributed by atoms with van der Waals surface area (Å²) in [5.41, 5.74) is 4.29. The van der Waals surface area contributed by atoms with E-state index >= 15 is 0 Å². The van der Waals surface area contributed by atoms with Crippen LogP contribution in [0.5, 0.6) is 0 Å². The van der Waals surface area contributed by atoms with Crippen molar-refractivity contribution in [3.05, 3.63) is 23.7 Å². The zero-order valence-corrected chi connectivity index (χ0v) is 18.1. The van der Waals surface area contributed by atoms with Crippen molar-refractivity contribution in [2.45, 2.75) is 71.8 Å². The number of carbonyl (C=O) groups excluding carboxylic acids is 1. The molecule has 1 amide bonds. The van der Waals surface area contributed by atoms with E-state index in [1.54, 1.807) is 4.52 Å². The van der Waals surface area contributed by atoms with Crippen molar-refractivity contribution < 1.29 is 9.53 Å². The van der Waals surface area contributed by atoms with Crippen LogP contribution in [0, 0.1) is 11.5 Å². The molecule has 1 N–H and O–H groups in total. The predicted molar refractivity (Wildman–Crippen MR) is 108 cm³/mol. The number of hydrogen-bond donors (Lipinski definition) is 1. The average molecular weight is 388 g/mol. The molecule has 7 nitrogen and oxygen atoms in total. The van der Waals surface area contributed by atoms with Crippen molar-refractivity contribution in [2.24, 2.45) is 0 Å². The molecule has 27 heavy (non-hydrogen) atoms. The summed E-state index contributed by atoms with van der Waals surface area (Å²) < 4.78 is 6.86. The topological polar surface area (TPSA) is 81.4 Å². The van der Waals surface area contributed by atoms with E-state index in [9.17, 15) is 4.79 Å². The van der Waals surface area contributed by atoms with E-state index in [2.05, 4.69) is 52.8 Å². The summed E-state index contributed by atoms with van der Waals surface area (Å²) in [6.07, 6.45) is -0.500. The normalized spacial score (nSPS) is 11.8. The highest BCUT2D eigenvalue weighted by molar-refractivity contribution is 6.87. The first-order valence-electron chi connectivity index (χ1n) is 9.43. The third-order valence-corrected chi connectivity index (χ3v) is 9.32. The molecule has 2 aromatic heterocycles. The van der Waals surface area contributed by atoms with E-state index in [1.807, 2.05) is 32.9 Å². The molecule has 0 aliphatic heterocycles. The lowest BCUT2D eigenvalue weighted by atomic mass is 10.2. The summed E-state index contributed by atoms with van der Waals surface area (Å²) in [5, 5.41) is 15.4. The largest absolute Gasteiger partial charge is 0.444 e. The molecular weight excluding hydrogens is 358 g/mol. The Bertz CT molecular complexity index is 848. The van der Waals surface area contributed by atoms with Crippen molar-refractivity contribution in [1.82, 2.24) is 25.1 Å². The zero-order valence-electron chi connectivity index (χ0n) is 17.1. The van der Waals surface area contributed by atoms with Gasteiger partial charge in [0.05, 0.1) is 6.54 Å². The number of hydrogen-bond acceptors (Lipinski definition) is 5. The van der Waals surface area contributed by atoms with Gasteiger partial charge in [0.15, 0.2) is 11.5 Å². The van der Waals surface area contributed by atoms with Gasteiger partial charge in [-0.3, -0.25) is 0 Å². The van der Waals surface area contributed by atoms with Crippen LogP contribution in [0.2, 0.25) is 18.1 Å². The van der Waals surface area contributed by atoms with Gasteiger partial charge in [0.1, 0.15) is 19.4 Å². The van der Waals surface area contributed by atoms with Gasteiger partial charge in [-0.25, -0.2) is 4.79 Å². The number of amides is 1. The van der Waals surface area contributed by atoms with Crippen LogP contribution in [0.3, 0.4) is 0 Å². The standard InChI is InChI=1S/C19H29N5O2Si/c1-7-27(8-2,9-3)13-12-15-10-11-16-21-22-17(24(16)23-15)14-20-18(25)26-19(4,5)6/h10-11H,7-9,14H2,1-6H3,(H,20,25). The maximum Gasteiger partial charge on any atom is 0.408 e. The summed E-state index contributed by atoms with van der Waals surface area (Å²) in [4.78, 5) is 11.8. The molecule has 2 aromatic rings. The van der Waals surface area contributed by atoms with Crippen molar-refractivity contribution in [2.75, 3.05) is 0 Å². The highest BCUT2D eigenvalue weighted by atomic mass is 28.3. The zero-order chi connectivity index (χ0) is 20.1. The fourth-order valence-electron chi connectivity index (χ4n) is 2.69. The molecule has 2 rings (SSSR count). The molecule has 8 heteroatoms. The summed E-state index contributed by atoms with van der Waals surface area (Å²) in [6.45, 7) is 12.3. The van der Waals surface area contributed by atoms with Crippen LogP contribution in [-0.4, -0.2) is 39.6 Å². The summed E-state index contributed by atoms with van der Waals surface area (Å²) in [7, 11) is -1.53. The van der Waals surface area contributed by atoms with Gasteiger partial charge >= 0.3 is 6.09 Å². The van der Waals surface area contributed by atoms with Crippen LogP contribution in [0.1, 0.15) is 53.1 Å². The minimum absolute atomic E-state index is 0.178. The summed E-state index contributed by atoms with van der Waals surface area (Å²) in [6, 6.07) is 7.14. The van der Waals surface area contributed by atoms with Crippen LogP contribution in [0.15, 0.2) is 12.1 Å². The molecule has 0 bridgehead atoms. The van der Waals surface area contributed by atoms with Crippen molar-refractivity contribution in [3.8, 4) is 11.5 Å². The molecule has 0 atom stereocenters. The first-order valence-corrected chi connectivity index (χ1v) is 12.1. The Labute approximate surface area is 161 Å². The van der Waals surface area contributed by atoms with E-state index < -0.39 is 19.8 Å². The van der Waals surface area contributed by atoms with Crippen LogP contribution < -0.4 is 5.32 Å². The summed E-state index contributed by atoms with van der Waals surface area (Å²) in [5.74, 6) is 3.79. The number of nitrogens with one attached hydrogen (secondary N) is 1. The van der Waals surface area contributed by atoms with E-state index in [0.29, 0.717) is 17.2 Å². The average Bonchev–Trinajstić information content (AvgIpc) is 3.02. The van der Waals surface area contributed by atoms with Gasteiger partial charge in [-0.2, -0.15) is 9.61 Å². The Morgan fingerprint density at radius 1 is 1.19 bits per heavy atom. The predicted octanol–water partition coefficient (Wildman–Crippen LogP) is 3.55. The van der Waals surface area contributed by atoms with Crippen molar-refractivity contribution in [3.63, 3.8) is 0 Å². The van der Waals surface area contributed by atoms with Gasteiger partial charge in [-0.15, -0.1) is 15.7 Å². The molecule has 0 aromatic carbocycles. The van der Waals surface area contributed by atoms with Crippen LogP contribution in [0.4, 0.5) is 4.79 Å². The Kier molecular flexibility index (Phi) is 6.60. The second-order valence-electron chi connectivity index (χ2n) is 7.55. The number of aromatic nitrogens is 4. The first-order chi connectivity index (χ1) is 12.7. The fourth-order valence-corrected chi connectivity index (χ4v) is 5.11. The highest BCUT2D eigenvalue weighted by Crippen LogP contribution is 2.19. The lowest BCUT2D eigenvalue weighted by molar-refractivity contribution is 0.0522. The molecule has 0 saturated heterocycles. The number of carbonyl (C=O) groups is 1. The molecule has 146 valence electrons. The molecule has 0 radical (unpaired) electrons. The minimum Gasteiger partial charge on any atom is -0.444 e. The minimum atomic E-state index is -1.53. The maximum atomic E-state index is 11.8. The molecule has 0 aliphatic carbocycles. The number of ether oxygens (including phenoxy) is 1. The number of fused-ring (bicyclic) bond motifs is 1. The number of rotatable bonds is 5. The Hall–Kier alpha value is -2.40. The lowest BCUT2D eigenvalue weighted by Crippen LogP contribution is -2.32. The lowest BCUT2D eigenvalue weighted by Gasteiger charge is -2.19. The summed E-state index contributed by atoms with van der Waals surface area (Å²) >= 11 is 0. The quantitative estimate of drug-likeness (QED) is 0.627. The molecule has 0 saturated carbocycles. The monoisotopic (exact) mass is 387 g/mol. The third-order valence-electron chi connectivity index (χ3n) is 4.60. The molecule has 0 spiro atoms. The molecule has 0 unspecified atom stereocenters. The molecular formula is C19H29N5O2Si.